The van der Waals surface area contributed by atoms with Gasteiger partial charge in [0.2, 0.25) is 0 Å². The molecule has 2 heteroatoms. The van der Waals surface area contributed by atoms with Crippen LogP contribution in [0.5, 0.6) is 0 Å². The van der Waals surface area contributed by atoms with Gasteiger partial charge in [-0.3, -0.25) is 0 Å². The van der Waals surface area contributed by atoms with Gasteiger partial charge >= 0.3 is 0 Å². The number of hydrogen-bond donors (Lipinski definition) is 0. The summed E-state index contributed by atoms with van der Waals surface area (Å²) in [6.45, 7) is 0. The van der Waals surface area contributed by atoms with Gasteiger partial charge in [0.15, 0.2) is 0 Å². The number of benzene rings is 5. The van der Waals surface area contributed by atoms with Crippen LogP contribution in [-0.2, 0) is 12.8 Å². The molecule has 10 rings (SSSR count). The van der Waals surface area contributed by atoms with Crippen LogP contribution in [0.1, 0.15) is 30.4 Å². The van der Waals surface area contributed by atoms with E-state index in [0.717, 1.165) is 25.7 Å². The Balaban J connectivity index is 1.27. The molecule has 5 aromatic rings. The molecule has 4 bridgehead atoms. The van der Waals surface area contributed by atoms with Crippen LogP contribution in [0.4, 0.5) is 0 Å². The average Bonchev–Trinajstić information content (AvgIpc) is 3.05. The first kappa shape index (κ1) is 27.3. The predicted molar refractivity (Wildman–Crippen MR) is 185 cm³/mol. The molecule has 5 aromatic carbocycles. The predicted octanol–water partition coefficient (Wildman–Crippen LogP) is 8.08. The zero-order valence-electron chi connectivity index (χ0n) is 23.9. The lowest BCUT2D eigenvalue weighted by Gasteiger charge is -2.34. The van der Waals surface area contributed by atoms with Crippen LogP contribution in [-0.4, -0.2) is 5.66 Å². The summed E-state index contributed by atoms with van der Waals surface area (Å²) in [6.07, 6.45) is 10.5. The van der Waals surface area contributed by atoms with Gasteiger partial charge in [-0.05, 0) is 85.6 Å². The molecule has 0 spiro atoms. The lowest BCUT2D eigenvalue weighted by atomic mass is 9.89. The minimum atomic E-state index is -0.614. The quantitative estimate of drug-likeness (QED) is 0.179. The van der Waals surface area contributed by atoms with E-state index in [2.05, 4.69) is 152 Å². The summed E-state index contributed by atoms with van der Waals surface area (Å²) >= 11 is 0. The molecule has 1 atom stereocenters. The van der Waals surface area contributed by atoms with Crippen LogP contribution in [0.3, 0.4) is 0 Å². The van der Waals surface area contributed by atoms with E-state index in [9.17, 15) is 0 Å². The molecular formula is C40H36P2. The molecule has 5 aliphatic carbocycles. The Morgan fingerprint density at radius 1 is 0.476 bits per heavy atom. The molecule has 0 heterocycles. The lowest BCUT2D eigenvalue weighted by Crippen LogP contribution is -2.27. The van der Waals surface area contributed by atoms with E-state index in [1.807, 2.05) is 0 Å². The fourth-order valence-corrected chi connectivity index (χ4v) is 12.0. The number of rotatable bonds is 6. The highest BCUT2D eigenvalue weighted by Crippen LogP contribution is 2.49. The maximum atomic E-state index is 2.57. The molecule has 0 saturated carbocycles. The maximum Gasteiger partial charge on any atom is 0.0121 e. The van der Waals surface area contributed by atoms with Crippen LogP contribution in [0.15, 0.2) is 163 Å². The third kappa shape index (κ3) is 5.85. The summed E-state index contributed by atoms with van der Waals surface area (Å²) in [4.78, 5) is 0. The van der Waals surface area contributed by atoms with E-state index in [0.29, 0.717) is 5.66 Å². The summed E-state index contributed by atoms with van der Waals surface area (Å²) in [6, 6.07) is 52.4. The molecule has 5 aliphatic rings. The molecule has 0 aromatic heterocycles. The second kappa shape index (κ2) is 12.8. The van der Waals surface area contributed by atoms with Crippen LogP contribution >= 0.6 is 15.8 Å². The highest BCUT2D eigenvalue weighted by Gasteiger charge is 2.31. The smallest absolute Gasteiger partial charge is 0.0121 e. The molecular weight excluding hydrogens is 542 g/mol. The highest BCUT2D eigenvalue weighted by atomic mass is 31.1. The van der Waals surface area contributed by atoms with Crippen LogP contribution in [0.2, 0.25) is 0 Å². The molecule has 0 N–H and O–H groups in total. The second-order valence-corrected chi connectivity index (χ2v) is 15.9. The first-order valence-electron chi connectivity index (χ1n) is 15.1. The summed E-state index contributed by atoms with van der Waals surface area (Å²) in [7, 11) is -1.11. The van der Waals surface area contributed by atoms with Gasteiger partial charge in [-0.1, -0.05) is 163 Å². The average molecular weight is 579 g/mol. The van der Waals surface area contributed by atoms with E-state index in [4.69, 9.17) is 0 Å². The first-order chi connectivity index (χ1) is 20.8. The number of aryl methyl sites for hydroxylation is 2. The molecule has 0 amide bonds. The molecule has 42 heavy (non-hydrogen) atoms. The van der Waals surface area contributed by atoms with Crippen molar-refractivity contribution in [2.24, 2.45) is 0 Å². The van der Waals surface area contributed by atoms with Crippen LogP contribution in [0.25, 0.3) is 0 Å². The summed E-state index contributed by atoms with van der Waals surface area (Å²) in [5, 5.41) is 7.39. The zero-order chi connectivity index (χ0) is 28.1. The Labute approximate surface area is 253 Å². The Kier molecular flexibility index (Phi) is 8.28. The number of allylic oxidation sites excluding steroid dienone is 4. The van der Waals surface area contributed by atoms with Crippen molar-refractivity contribution in [2.75, 3.05) is 0 Å². The molecule has 0 saturated heterocycles. The standard InChI is InChI=1S/C40H36P2/c1-5-13-35(14-6-1)41(36-15-7-2-8-16-36)39-29-31-21-25-33(39)27-23-32-22-26-34(28-24-31)40(30-32)42(37-17-9-3-10-18-37)38-19-11-4-12-20-38/h1-22,25-26,29,40H,23-24,27-28,30H2. The molecule has 0 fully saturated rings. The molecule has 206 valence electrons. The SMILES string of the molecule is C1=C2CCc3ccc(cc3P(c3ccccc3)c3ccccc3)CCC(=C1)C(P(c1ccccc1)c1ccccc1)C2. The van der Waals surface area contributed by atoms with Gasteiger partial charge in [0.1, 0.15) is 0 Å². The Bertz CT molecular complexity index is 1610. The molecule has 0 radical (unpaired) electrons. The van der Waals surface area contributed by atoms with E-state index in [1.165, 1.54) is 38.8 Å². The Morgan fingerprint density at radius 2 is 1.02 bits per heavy atom. The van der Waals surface area contributed by atoms with E-state index >= 15 is 0 Å². The monoisotopic (exact) mass is 578 g/mol. The largest absolute Gasteiger partial charge is 0.0689 e. The van der Waals surface area contributed by atoms with Gasteiger partial charge in [0.25, 0.3) is 0 Å². The third-order valence-corrected chi connectivity index (χ3v) is 14.0. The normalized spacial score (nSPS) is 16.6. The van der Waals surface area contributed by atoms with Crippen molar-refractivity contribution in [1.82, 2.24) is 0 Å². The van der Waals surface area contributed by atoms with Crippen LogP contribution < -0.4 is 26.5 Å². The van der Waals surface area contributed by atoms with Crippen LogP contribution in [0, 0.1) is 0 Å². The third-order valence-electron chi connectivity index (χ3n) is 8.63. The van der Waals surface area contributed by atoms with Gasteiger partial charge < -0.3 is 0 Å². The fraction of sp³-hybridized carbons (Fsp3) is 0.150. The summed E-state index contributed by atoms with van der Waals surface area (Å²) < 4.78 is 0. The first-order valence-corrected chi connectivity index (χ1v) is 17.9. The molecule has 0 nitrogen and oxygen atoms in total. The van der Waals surface area contributed by atoms with E-state index < -0.39 is 15.8 Å². The second-order valence-electron chi connectivity index (χ2n) is 11.3. The van der Waals surface area contributed by atoms with Crippen molar-refractivity contribution >= 4 is 42.4 Å². The zero-order valence-corrected chi connectivity index (χ0v) is 25.7. The Morgan fingerprint density at radius 3 is 1.60 bits per heavy atom. The molecule has 0 aliphatic heterocycles. The summed E-state index contributed by atoms with van der Waals surface area (Å²) in [5.74, 6) is 0. The number of hydrogen-bond acceptors (Lipinski definition) is 0. The fourth-order valence-electron chi connectivity index (χ4n) is 6.51. The van der Waals surface area contributed by atoms with Crippen molar-refractivity contribution in [3.8, 4) is 0 Å². The van der Waals surface area contributed by atoms with Crippen molar-refractivity contribution in [2.45, 2.75) is 37.8 Å². The minimum Gasteiger partial charge on any atom is -0.0689 e. The maximum absolute atomic E-state index is 2.57. The topological polar surface area (TPSA) is 0 Å². The van der Waals surface area contributed by atoms with Gasteiger partial charge in [-0.15, -0.1) is 0 Å². The van der Waals surface area contributed by atoms with Gasteiger partial charge in [-0.2, -0.15) is 0 Å². The van der Waals surface area contributed by atoms with E-state index in [1.54, 1.807) is 16.5 Å². The lowest BCUT2D eigenvalue weighted by molar-refractivity contribution is 0.779. The molecule has 1 unspecified atom stereocenters. The minimum absolute atomic E-state index is 0.491. The van der Waals surface area contributed by atoms with Crippen molar-refractivity contribution in [3.05, 3.63) is 174 Å². The van der Waals surface area contributed by atoms with Crippen molar-refractivity contribution < 1.29 is 0 Å². The van der Waals surface area contributed by atoms with E-state index in [-0.39, 0.29) is 0 Å². The Hall–Kier alpha value is -3.56. The van der Waals surface area contributed by atoms with Crippen molar-refractivity contribution in [1.29, 1.82) is 0 Å². The van der Waals surface area contributed by atoms with Gasteiger partial charge in [0, 0.05) is 5.66 Å². The highest BCUT2D eigenvalue weighted by molar-refractivity contribution is 7.80. The summed E-state index contributed by atoms with van der Waals surface area (Å²) in [5.41, 5.74) is 6.75. The van der Waals surface area contributed by atoms with Crippen molar-refractivity contribution in [3.63, 3.8) is 0 Å². The van der Waals surface area contributed by atoms with Gasteiger partial charge in [0.05, 0.1) is 0 Å². The van der Waals surface area contributed by atoms with Gasteiger partial charge in [-0.25, -0.2) is 0 Å².